The summed E-state index contributed by atoms with van der Waals surface area (Å²) in [7, 11) is -3.26. The summed E-state index contributed by atoms with van der Waals surface area (Å²) in [6, 6.07) is 5.36. The lowest BCUT2D eigenvalue weighted by molar-refractivity contribution is -0.148. The maximum absolute atomic E-state index is 13.8. The maximum atomic E-state index is 13.8. The molecule has 2 atom stereocenters. The van der Waals surface area contributed by atoms with Crippen LogP contribution in [0.3, 0.4) is 0 Å². The third-order valence-electron chi connectivity index (χ3n) is 3.13. The summed E-state index contributed by atoms with van der Waals surface area (Å²) >= 11 is 0. The molecule has 2 aromatic rings. The number of hydrogen-bond acceptors (Lipinski definition) is 4. The van der Waals surface area contributed by atoms with Crippen LogP contribution in [0.25, 0.3) is 0 Å². The van der Waals surface area contributed by atoms with Crippen LogP contribution in [-0.4, -0.2) is 22.0 Å². The van der Waals surface area contributed by atoms with Gasteiger partial charge in [0, 0.05) is 4.57 Å². The van der Waals surface area contributed by atoms with Gasteiger partial charge in [-0.05, 0) is 19.1 Å². The topological polar surface area (TPSA) is 76.1 Å². The van der Waals surface area contributed by atoms with Crippen molar-refractivity contribution in [3.63, 3.8) is 0 Å². The van der Waals surface area contributed by atoms with E-state index in [4.69, 9.17) is 9.63 Å². The van der Waals surface area contributed by atoms with Gasteiger partial charge in [0.05, 0.1) is 0 Å². The fourth-order valence-corrected chi connectivity index (χ4v) is 2.63. The quantitative estimate of drug-likeness (QED) is 0.243. The van der Waals surface area contributed by atoms with Gasteiger partial charge in [0.25, 0.3) is 0 Å². The van der Waals surface area contributed by atoms with Crippen LogP contribution in [0, 0.1) is 29.1 Å². The predicted molar refractivity (Wildman–Crippen MR) is 80.5 cm³/mol. The van der Waals surface area contributed by atoms with Crippen molar-refractivity contribution >= 4 is 14.1 Å². The summed E-state index contributed by atoms with van der Waals surface area (Å²) in [6.07, 6.45) is 0. The first-order chi connectivity index (χ1) is 12.6. The number of carboxylic acids is 1. The van der Waals surface area contributed by atoms with Crippen LogP contribution in [0.15, 0.2) is 30.3 Å². The lowest BCUT2D eigenvalue weighted by Crippen LogP contribution is -2.37. The van der Waals surface area contributed by atoms with E-state index in [0.29, 0.717) is 0 Å². The molecule has 0 spiro atoms. The minimum Gasteiger partial charge on any atom is -0.480 e. The monoisotopic (exact) mass is 410 g/mol. The Kier molecular flexibility index (Phi) is 6.29. The predicted octanol–water partition coefficient (Wildman–Crippen LogP) is 4.19. The molecule has 0 aliphatic carbocycles. The van der Waals surface area contributed by atoms with E-state index >= 15 is 0 Å². The highest BCUT2D eigenvalue weighted by Gasteiger charge is 2.45. The van der Waals surface area contributed by atoms with Gasteiger partial charge in [-0.15, -0.1) is 0 Å². The summed E-state index contributed by atoms with van der Waals surface area (Å²) in [5.41, 5.74) is 0. The van der Waals surface area contributed by atoms with Crippen LogP contribution < -0.4 is 9.36 Å². The molecular formula is C15H10F5NO5P+. The zero-order valence-electron chi connectivity index (χ0n) is 13.3. The molecule has 0 aliphatic rings. The second kappa shape index (κ2) is 8.28. The van der Waals surface area contributed by atoms with Crippen LogP contribution in [0.4, 0.5) is 22.0 Å². The van der Waals surface area contributed by atoms with E-state index in [1.54, 1.807) is 6.07 Å². The van der Waals surface area contributed by atoms with Gasteiger partial charge in [-0.2, -0.15) is 8.78 Å². The fraction of sp³-hybridized carbons (Fsp3) is 0.133. The molecule has 0 aromatic heterocycles. The van der Waals surface area contributed by atoms with Crippen LogP contribution in [0.5, 0.6) is 11.5 Å². The molecule has 0 heterocycles. The van der Waals surface area contributed by atoms with Crippen LogP contribution in [-0.2, 0) is 9.36 Å². The molecule has 0 saturated carbocycles. The molecule has 0 saturated heterocycles. The number of hydroxylamine groups is 1. The van der Waals surface area contributed by atoms with Gasteiger partial charge < -0.3 is 9.94 Å². The van der Waals surface area contributed by atoms with E-state index in [9.17, 15) is 31.3 Å². The first kappa shape index (κ1) is 20.5. The SMILES string of the molecule is CC(C(=O)O)N(Oc1c(F)c(F)c(F)c(F)c1F)[P+](=O)Oc1ccccc1. The Morgan fingerprint density at radius 2 is 1.48 bits per heavy atom. The summed E-state index contributed by atoms with van der Waals surface area (Å²) in [6.45, 7) is 0.899. The third-order valence-corrected chi connectivity index (χ3v) is 4.25. The van der Waals surface area contributed by atoms with Gasteiger partial charge in [-0.25, -0.2) is 17.7 Å². The van der Waals surface area contributed by atoms with Gasteiger partial charge in [-0.3, -0.25) is 4.79 Å². The number of halogens is 5. The van der Waals surface area contributed by atoms with Gasteiger partial charge in [-0.1, -0.05) is 18.2 Å². The van der Waals surface area contributed by atoms with E-state index in [1.807, 2.05) is 0 Å². The standard InChI is InChI=1S/C15H9F5NO5P/c1-7(15(22)23)21(27(24)26-8-5-3-2-4-6-8)25-14-12(19)10(17)9(16)11(18)13(14)20/h2-7H,1H3/p+1. The first-order valence-electron chi connectivity index (χ1n) is 7.06. The van der Waals surface area contributed by atoms with Crippen molar-refractivity contribution in [3.8, 4) is 11.5 Å². The molecule has 12 heteroatoms. The Balaban J connectivity index is 2.42. The van der Waals surface area contributed by atoms with Crippen molar-refractivity contribution in [2.45, 2.75) is 13.0 Å². The largest absolute Gasteiger partial charge is 0.703 e. The highest BCUT2D eigenvalue weighted by atomic mass is 31.1. The Morgan fingerprint density at radius 1 is 1.00 bits per heavy atom. The van der Waals surface area contributed by atoms with Crippen molar-refractivity contribution in [2.75, 3.05) is 0 Å². The number of carbonyl (C=O) groups is 1. The van der Waals surface area contributed by atoms with Gasteiger partial charge in [0.15, 0.2) is 11.8 Å². The molecule has 0 radical (unpaired) electrons. The molecular weight excluding hydrogens is 400 g/mol. The molecule has 27 heavy (non-hydrogen) atoms. The first-order valence-corrected chi connectivity index (χ1v) is 8.19. The Bertz CT molecular complexity index is 854. The molecule has 0 aliphatic heterocycles. The lowest BCUT2D eigenvalue weighted by Gasteiger charge is -2.16. The van der Waals surface area contributed by atoms with E-state index < -0.39 is 55.0 Å². The van der Waals surface area contributed by atoms with Crippen LogP contribution in [0.1, 0.15) is 6.92 Å². The fourth-order valence-electron chi connectivity index (χ4n) is 1.72. The van der Waals surface area contributed by atoms with Crippen LogP contribution in [0.2, 0.25) is 0 Å². The average Bonchev–Trinajstić information content (AvgIpc) is 2.65. The second-order valence-corrected chi connectivity index (χ2v) is 6.00. The number of hydrogen-bond donors (Lipinski definition) is 1. The number of nitrogens with zero attached hydrogens (tertiary/aromatic N) is 1. The molecule has 144 valence electrons. The summed E-state index contributed by atoms with van der Waals surface area (Å²) < 4.78 is 84.4. The number of benzene rings is 2. The Morgan fingerprint density at radius 3 is 1.96 bits per heavy atom. The maximum Gasteiger partial charge on any atom is 0.703 e. The number of para-hydroxylation sites is 1. The highest BCUT2D eigenvalue weighted by molar-refractivity contribution is 7.36. The van der Waals surface area contributed by atoms with Crippen molar-refractivity contribution in [1.29, 1.82) is 0 Å². The van der Waals surface area contributed by atoms with E-state index in [-0.39, 0.29) is 10.6 Å². The Hall–Kier alpha value is -2.78. The summed E-state index contributed by atoms with van der Waals surface area (Å²) in [4.78, 5) is 15.6. The zero-order chi connectivity index (χ0) is 20.3. The number of rotatable bonds is 7. The van der Waals surface area contributed by atoms with E-state index in [0.717, 1.165) is 6.92 Å². The normalized spacial score (nSPS) is 12.6. The Labute approximate surface area is 149 Å². The molecule has 6 nitrogen and oxygen atoms in total. The molecule has 1 N–H and O–H groups in total. The molecule has 2 aromatic carbocycles. The van der Waals surface area contributed by atoms with Crippen molar-refractivity contribution in [2.24, 2.45) is 0 Å². The summed E-state index contributed by atoms with van der Waals surface area (Å²) in [5.74, 6) is -15.3. The average molecular weight is 410 g/mol. The highest BCUT2D eigenvalue weighted by Crippen LogP contribution is 2.37. The third kappa shape index (κ3) is 4.32. The van der Waals surface area contributed by atoms with Gasteiger partial charge in [0.2, 0.25) is 34.8 Å². The van der Waals surface area contributed by atoms with Crippen molar-refractivity contribution < 1.29 is 45.8 Å². The number of carboxylic acid groups (broad SMARTS) is 1. The molecule has 2 unspecified atom stereocenters. The minimum atomic E-state index is -3.26. The minimum absolute atomic E-state index is 0.0249. The smallest absolute Gasteiger partial charge is 0.480 e. The molecule has 0 amide bonds. The van der Waals surface area contributed by atoms with Crippen LogP contribution >= 0.6 is 8.18 Å². The van der Waals surface area contributed by atoms with E-state index in [2.05, 4.69) is 4.84 Å². The molecule has 0 bridgehead atoms. The molecule has 0 fully saturated rings. The van der Waals surface area contributed by atoms with E-state index in [1.165, 1.54) is 24.3 Å². The lowest BCUT2D eigenvalue weighted by atomic mass is 10.3. The second-order valence-electron chi connectivity index (χ2n) is 4.95. The molecule has 2 rings (SSSR count). The summed E-state index contributed by atoms with van der Waals surface area (Å²) in [5, 5.41) is 9.04. The van der Waals surface area contributed by atoms with Crippen molar-refractivity contribution in [1.82, 2.24) is 4.83 Å². The van der Waals surface area contributed by atoms with Crippen molar-refractivity contribution in [3.05, 3.63) is 59.4 Å². The number of aliphatic carboxylic acids is 1. The zero-order valence-corrected chi connectivity index (χ0v) is 14.2. The van der Waals surface area contributed by atoms with Gasteiger partial charge >= 0.3 is 14.1 Å². The van der Waals surface area contributed by atoms with Gasteiger partial charge in [0.1, 0.15) is 4.83 Å².